The SMILES string of the molecule is CCn1nc(C)c(N)c1NCc1cccc(OC)c1. The molecule has 2 aromatic rings. The van der Waals surface area contributed by atoms with Gasteiger partial charge in [0, 0.05) is 13.1 Å². The molecule has 0 aliphatic rings. The van der Waals surface area contributed by atoms with Gasteiger partial charge in [-0.1, -0.05) is 12.1 Å². The fraction of sp³-hybridized carbons (Fsp3) is 0.357. The summed E-state index contributed by atoms with van der Waals surface area (Å²) in [6, 6.07) is 7.95. The number of nitrogens with two attached hydrogens (primary N) is 1. The van der Waals surface area contributed by atoms with E-state index in [2.05, 4.69) is 10.4 Å². The minimum absolute atomic E-state index is 0.687. The van der Waals surface area contributed by atoms with Gasteiger partial charge < -0.3 is 15.8 Å². The van der Waals surface area contributed by atoms with Crippen molar-refractivity contribution in [3.63, 3.8) is 0 Å². The summed E-state index contributed by atoms with van der Waals surface area (Å²) >= 11 is 0. The van der Waals surface area contributed by atoms with Gasteiger partial charge in [0.05, 0.1) is 18.5 Å². The summed E-state index contributed by atoms with van der Waals surface area (Å²) in [4.78, 5) is 0. The molecule has 102 valence electrons. The van der Waals surface area contributed by atoms with Crippen LogP contribution < -0.4 is 15.8 Å². The maximum Gasteiger partial charge on any atom is 0.148 e. The van der Waals surface area contributed by atoms with Gasteiger partial charge in [0.15, 0.2) is 0 Å². The van der Waals surface area contributed by atoms with E-state index in [0.717, 1.165) is 29.4 Å². The molecule has 0 amide bonds. The molecule has 0 saturated carbocycles. The third kappa shape index (κ3) is 2.81. The zero-order valence-electron chi connectivity index (χ0n) is 11.6. The molecule has 0 radical (unpaired) electrons. The monoisotopic (exact) mass is 260 g/mol. The molecule has 19 heavy (non-hydrogen) atoms. The fourth-order valence-corrected chi connectivity index (χ4v) is 1.98. The van der Waals surface area contributed by atoms with Crippen LogP contribution >= 0.6 is 0 Å². The molecule has 0 fully saturated rings. The lowest BCUT2D eigenvalue weighted by Crippen LogP contribution is -2.08. The van der Waals surface area contributed by atoms with E-state index in [1.807, 2.05) is 42.8 Å². The number of nitrogens with zero attached hydrogens (tertiary/aromatic N) is 2. The van der Waals surface area contributed by atoms with Crippen LogP contribution in [0.4, 0.5) is 11.5 Å². The molecule has 5 nitrogen and oxygen atoms in total. The smallest absolute Gasteiger partial charge is 0.148 e. The molecule has 2 rings (SSSR count). The second-order valence-corrected chi connectivity index (χ2v) is 4.37. The molecule has 0 aliphatic heterocycles. The number of hydrogen-bond acceptors (Lipinski definition) is 4. The van der Waals surface area contributed by atoms with Crippen LogP contribution in [0.5, 0.6) is 5.75 Å². The summed E-state index contributed by atoms with van der Waals surface area (Å²) in [6.07, 6.45) is 0. The van der Waals surface area contributed by atoms with Gasteiger partial charge in [-0.15, -0.1) is 0 Å². The lowest BCUT2D eigenvalue weighted by molar-refractivity contribution is 0.414. The Morgan fingerprint density at radius 1 is 1.42 bits per heavy atom. The van der Waals surface area contributed by atoms with Crippen LogP contribution in [0.25, 0.3) is 0 Å². The number of nitrogens with one attached hydrogen (secondary N) is 1. The molecule has 0 aliphatic carbocycles. The van der Waals surface area contributed by atoms with Gasteiger partial charge in [-0.25, -0.2) is 4.68 Å². The molecule has 0 saturated heterocycles. The van der Waals surface area contributed by atoms with E-state index in [0.29, 0.717) is 12.2 Å². The maximum absolute atomic E-state index is 6.03. The Morgan fingerprint density at radius 2 is 2.21 bits per heavy atom. The first kappa shape index (κ1) is 13.3. The number of ether oxygens (including phenoxy) is 1. The highest BCUT2D eigenvalue weighted by molar-refractivity contribution is 5.64. The Bertz CT molecular complexity index is 563. The Labute approximate surface area is 113 Å². The van der Waals surface area contributed by atoms with Crippen molar-refractivity contribution in [2.75, 3.05) is 18.2 Å². The number of benzene rings is 1. The predicted octanol–water partition coefficient (Wildman–Crippen LogP) is 2.41. The molecule has 0 bridgehead atoms. The molecule has 0 unspecified atom stereocenters. The van der Waals surface area contributed by atoms with E-state index in [9.17, 15) is 0 Å². The zero-order valence-corrected chi connectivity index (χ0v) is 11.6. The topological polar surface area (TPSA) is 65.1 Å². The summed E-state index contributed by atoms with van der Waals surface area (Å²) in [5, 5.41) is 7.72. The Hall–Kier alpha value is -2.17. The highest BCUT2D eigenvalue weighted by Gasteiger charge is 2.10. The maximum atomic E-state index is 6.03. The summed E-state index contributed by atoms with van der Waals surface area (Å²) < 4.78 is 7.09. The van der Waals surface area contributed by atoms with Gasteiger partial charge in [-0.05, 0) is 31.5 Å². The fourth-order valence-electron chi connectivity index (χ4n) is 1.98. The summed E-state index contributed by atoms with van der Waals surface area (Å²) in [5.41, 5.74) is 8.74. The van der Waals surface area contributed by atoms with Gasteiger partial charge in [-0.2, -0.15) is 5.10 Å². The summed E-state index contributed by atoms with van der Waals surface area (Å²) in [6.45, 7) is 5.44. The van der Waals surface area contributed by atoms with Crippen molar-refractivity contribution in [1.29, 1.82) is 0 Å². The van der Waals surface area contributed by atoms with Crippen molar-refractivity contribution in [2.24, 2.45) is 0 Å². The highest BCUT2D eigenvalue weighted by Crippen LogP contribution is 2.23. The molecular weight excluding hydrogens is 240 g/mol. The van der Waals surface area contributed by atoms with Crippen LogP contribution in [-0.4, -0.2) is 16.9 Å². The molecule has 1 aromatic heterocycles. The number of aromatic nitrogens is 2. The predicted molar refractivity (Wildman–Crippen MR) is 77.4 cm³/mol. The van der Waals surface area contributed by atoms with E-state index in [1.165, 1.54) is 0 Å². The molecular formula is C14H20N4O. The van der Waals surface area contributed by atoms with Crippen LogP contribution in [0, 0.1) is 6.92 Å². The Morgan fingerprint density at radius 3 is 2.89 bits per heavy atom. The van der Waals surface area contributed by atoms with Crippen molar-refractivity contribution < 1.29 is 4.74 Å². The highest BCUT2D eigenvalue weighted by atomic mass is 16.5. The minimum atomic E-state index is 0.687. The van der Waals surface area contributed by atoms with Crippen molar-refractivity contribution in [3.05, 3.63) is 35.5 Å². The van der Waals surface area contributed by atoms with Gasteiger partial charge in [-0.3, -0.25) is 0 Å². The molecule has 5 heteroatoms. The van der Waals surface area contributed by atoms with Gasteiger partial charge in [0.1, 0.15) is 11.6 Å². The van der Waals surface area contributed by atoms with Crippen LogP contribution in [-0.2, 0) is 13.1 Å². The third-order valence-electron chi connectivity index (χ3n) is 3.07. The van der Waals surface area contributed by atoms with E-state index >= 15 is 0 Å². The van der Waals surface area contributed by atoms with E-state index in [1.54, 1.807) is 7.11 Å². The number of anilines is 2. The number of hydrogen-bond donors (Lipinski definition) is 2. The van der Waals surface area contributed by atoms with E-state index < -0.39 is 0 Å². The van der Waals surface area contributed by atoms with Crippen LogP contribution in [0.3, 0.4) is 0 Å². The molecule has 1 aromatic carbocycles. The molecule has 1 heterocycles. The number of methoxy groups -OCH3 is 1. The minimum Gasteiger partial charge on any atom is -0.497 e. The first-order valence-corrected chi connectivity index (χ1v) is 6.35. The van der Waals surface area contributed by atoms with Crippen molar-refractivity contribution >= 4 is 11.5 Å². The zero-order chi connectivity index (χ0) is 13.8. The Kier molecular flexibility index (Phi) is 3.94. The number of rotatable bonds is 5. The third-order valence-corrected chi connectivity index (χ3v) is 3.07. The van der Waals surface area contributed by atoms with E-state index in [4.69, 9.17) is 10.5 Å². The normalized spacial score (nSPS) is 10.5. The number of aryl methyl sites for hydroxylation is 2. The van der Waals surface area contributed by atoms with Crippen LogP contribution in [0.1, 0.15) is 18.2 Å². The lowest BCUT2D eigenvalue weighted by Gasteiger charge is -2.10. The lowest BCUT2D eigenvalue weighted by atomic mass is 10.2. The quantitative estimate of drug-likeness (QED) is 0.866. The first-order chi connectivity index (χ1) is 9.15. The van der Waals surface area contributed by atoms with Crippen molar-refractivity contribution in [2.45, 2.75) is 26.9 Å². The second-order valence-electron chi connectivity index (χ2n) is 4.37. The standard InChI is InChI=1S/C14H20N4O/c1-4-18-14(13(15)10(2)17-18)16-9-11-6-5-7-12(8-11)19-3/h5-8,16H,4,9,15H2,1-3H3. The van der Waals surface area contributed by atoms with Gasteiger partial charge in [0.25, 0.3) is 0 Å². The van der Waals surface area contributed by atoms with Gasteiger partial charge >= 0.3 is 0 Å². The Balaban J connectivity index is 2.14. The largest absolute Gasteiger partial charge is 0.497 e. The molecule has 0 spiro atoms. The summed E-state index contributed by atoms with van der Waals surface area (Å²) in [7, 11) is 1.67. The summed E-state index contributed by atoms with van der Waals surface area (Å²) in [5.74, 6) is 1.73. The molecule has 3 N–H and O–H groups in total. The average Bonchev–Trinajstić information content (AvgIpc) is 2.72. The number of nitrogen functional groups attached to an aromatic ring is 1. The van der Waals surface area contributed by atoms with Crippen molar-refractivity contribution in [1.82, 2.24) is 9.78 Å². The second kappa shape index (κ2) is 5.65. The molecule has 0 atom stereocenters. The van der Waals surface area contributed by atoms with Crippen molar-refractivity contribution in [3.8, 4) is 5.75 Å². The van der Waals surface area contributed by atoms with Crippen LogP contribution in [0.15, 0.2) is 24.3 Å². The first-order valence-electron chi connectivity index (χ1n) is 6.35. The average molecular weight is 260 g/mol. The van der Waals surface area contributed by atoms with E-state index in [-0.39, 0.29) is 0 Å². The van der Waals surface area contributed by atoms with Crippen LogP contribution in [0.2, 0.25) is 0 Å². The van der Waals surface area contributed by atoms with Gasteiger partial charge in [0.2, 0.25) is 0 Å².